The molecule has 0 saturated heterocycles. The molecular weight excluding hydrogens is 108 g/mol. The maximum atomic E-state index is 9.87. The second kappa shape index (κ2) is 2.98. The number of urea groups is 1. The molecule has 0 aliphatic rings. The summed E-state index contributed by atoms with van der Waals surface area (Å²) in [7, 11) is 0. The molecule has 0 spiro atoms. The summed E-state index contributed by atoms with van der Waals surface area (Å²) < 4.78 is 0. The van der Waals surface area contributed by atoms with Crippen LogP contribution in [-0.2, 0) is 0 Å². The van der Waals surface area contributed by atoms with Crippen molar-refractivity contribution in [3.8, 4) is 0 Å². The first-order valence-electron chi connectivity index (χ1n) is 1.99. The molecule has 0 aliphatic carbocycles. The van der Waals surface area contributed by atoms with Crippen LogP contribution < -0.4 is 17.2 Å². The monoisotopic (exact) mass is 116 g/mol. The Bertz CT molecular complexity index is 118. The maximum absolute atomic E-state index is 9.87. The van der Waals surface area contributed by atoms with Crippen LogP contribution in [0.1, 0.15) is 0 Å². The number of primary amides is 1. The van der Waals surface area contributed by atoms with Crippen LogP contribution in [0.4, 0.5) is 4.79 Å². The van der Waals surface area contributed by atoms with E-state index in [9.17, 15) is 4.79 Å². The van der Waals surface area contributed by atoms with Gasteiger partial charge >= 0.3 is 6.03 Å². The van der Waals surface area contributed by atoms with E-state index in [1.54, 1.807) is 0 Å². The van der Waals surface area contributed by atoms with Crippen LogP contribution in [0.2, 0.25) is 0 Å². The van der Waals surface area contributed by atoms with Gasteiger partial charge in [0.1, 0.15) is 5.84 Å². The molecule has 0 rings (SSSR count). The highest BCUT2D eigenvalue weighted by Gasteiger charge is 1.87. The summed E-state index contributed by atoms with van der Waals surface area (Å²) in [6, 6.07) is -0.812. The van der Waals surface area contributed by atoms with Gasteiger partial charge in [0.2, 0.25) is 0 Å². The number of amidine groups is 1. The fourth-order valence-corrected chi connectivity index (χ4v) is 0.187. The van der Waals surface area contributed by atoms with E-state index in [2.05, 4.69) is 10.7 Å². The van der Waals surface area contributed by atoms with Crippen LogP contribution in [-0.4, -0.2) is 18.4 Å². The number of nitrogens with zero attached hydrogens (tertiary/aromatic N) is 1. The molecule has 0 heterocycles. The van der Waals surface area contributed by atoms with E-state index in [-0.39, 0.29) is 12.4 Å². The lowest BCUT2D eigenvalue weighted by molar-refractivity contribution is 0.256. The van der Waals surface area contributed by atoms with E-state index in [1.165, 1.54) is 0 Å². The highest BCUT2D eigenvalue weighted by atomic mass is 16.2. The number of hydrogen-bond acceptors (Lipinski definition) is 2. The van der Waals surface area contributed by atoms with Crippen LogP contribution in [0.15, 0.2) is 4.99 Å². The average molecular weight is 116 g/mol. The summed E-state index contributed by atoms with van der Waals surface area (Å²) in [5.41, 5.74) is 14.6. The lowest BCUT2D eigenvalue weighted by atomic mass is 10.6. The standard InChI is InChI=1S/C3H8N4O/c4-1-2(5)7-3(6)8/h1,4H2,(H4,5,6,7,8). The Hall–Kier alpha value is -1.10. The zero-order valence-corrected chi connectivity index (χ0v) is 4.29. The van der Waals surface area contributed by atoms with Crippen LogP contribution in [0, 0.1) is 0 Å². The maximum Gasteiger partial charge on any atom is 0.340 e. The van der Waals surface area contributed by atoms with E-state index in [4.69, 9.17) is 11.5 Å². The van der Waals surface area contributed by atoms with Crippen LogP contribution in [0.25, 0.3) is 0 Å². The normalized spacial score (nSPS) is 11.4. The smallest absolute Gasteiger partial charge is 0.340 e. The number of carbonyl (C=O) groups is 1. The van der Waals surface area contributed by atoms with Crippen molar-refractivity contribution in [1.29, 1.82) is 0 Å². The molecule has 0 aromatic rings. The van der Waals surface area contributed by atoms with Crippen molar-refractivity contribution in [2.75, 3.05) is 6.54 Å². The van der Waals surface area contributed by atoms with Crippen LogP contribution in [0.5, 0.6) is 0 Å². The SMILES string of the molecule is NCC(N)=NC(N)=O. The van der Waals surface area contributed by atoms with Gasteiger partial charge in [-0.15, -0.1) is 0 Å². The fraction of sp³-hybridized carbons (Fsp3) is 0.333. The molecule has 0 aliphatic heterocycles. The van der Waals surface area contributed by atoms with E-state index in [1.807, 2.05) is 0 Å². The summed E-state index contributed by atoms with van der Waals surface area (Å²) >= 11 is 0. The van der Waals surface area contributed by atoms with Gasteiger partial charge < -0.3 is 17.2 Å². The van der Waals surface area contributed by atoms with Gasteiger partial charge in [0.25, 0.3) is 0 Å². The topological polar surface area (TPSA) is 107 Å². The quantitative estimate of drug-likeness (QED) is 0.283. The first-order chi connectivity index (χ1) is 3.66. The Balaban J connectivity index is 3.75. The molecule has 0 aromatic carbocycles. The van der Waals surface area contributed by atoms with Crippen molar-refractivity contribution < 1.29 is 4.79 Å². The Morgan fingerprint density at radius 2 is 2.00 bits per heavy atom. The fourth-order valence-electron chi connectivity index (χ4n) is 0.187. The van der Waals surface area contributed by atoms with E-state index in [0.29, 0.717) is 0 Å². The summed E-state index contributed by atoms with van der Waals surface area (Å²) in [4.78, 5) is 13.0. The minimum Gasteiger partial charge on any atom is -0.386 e. The molecule has 0 atom stereocenters. The summed E-state index contributed by atoms with van der Waals surface area (Å²) in [5, 5.41) is 0. The van der Waals surface area contributed by atoms with Gasteiger partial charge in [-0.05, 0) is 0 Å². The molecule has 46 valence electrons. The number of rotatable bonds is 1. The third kappa shape index (κ3) is 3.10. The molecule has 0 aromatic heterocycles. The molecular formula is C3H8N4O. The molecule has 0 unspecified atom stereocenters. The molecule has 2 amide bonds. The third-order valence-electron chi connectivity index (χ3n) is 0.463. The minimum absolute atomic E-state index is 0.0532. The number of amides is 2. The van der Waals surface area contributed by atoms with Gasteiger partial charge in [-0.3, -0.25) is 0 Å². The number of carbonyl (C=O) groups excluding carboxylic acids is 1. The lowest BCUT2D eigenvalue weighted by Crippen LogP contribution is -2.25. The molecule has 5 nitrogen and oxygen atoms in total. The minimum atomic E-state index is -0.812. The number of nitrogens with two attached hydrogens (primary N) is 3. The largest absolute Gasteiger partial charge is 0.386 e. The van der Waals surface area contributed by atoms with Crippen molar-refractivity contribution in [1.82, 2.24) is 0 Å². The second-order valence-corrected chi connectivity index (χ2v) is 1.15. The van der Waals surface area contributed by atoms with Gasteiger partial charge in [-0.1, -0.05) is 0 Å². The highest BCUT2D eigenvalue weighted by Crippen LogP contribution is 1.65. The van der Waals surface area contributed by atoms with Crippen molar-refractivity contribution in [2.24, 2.45) is 22.2 Å². The predicted molar refractivity (Wildman–Crippen MR) is 30.3 cm³/mol. The van der Waals surface area contributed by atoms with Crippen LogP contribution in [0.3, 0.4) is 0 Å². The molecule has 0 fully saturated rings. The van der Waals surface area contributed by atoms with E-state index >= 15 is 0 Å². The Morgan fingerprint density at radius 3 is 2.12 bits per heavy atom. The Kier molecular flexibility index (Phi) is 2.57. The third-order valence-corrected chi connectivity index (χ3v) is 0.463. The van der Waals surface area contributed by atoms with Gasteiger partial charge in [0.05, 0.1) is 6.54 Å². The van der Waals surface area contributed by atoms with Gasteiger partial charge in [-0.2, -0.15) is 4.99 Å². The van der Waals surface area contributed by atoms with Gasteiger partial charge in [0, 0.05) is 0 Å². The van der Waals surface area contributed by atoms with Gasteiger partial charge in [0.15, 0.2) is 0 Å². The summed E-state index contributed by atoms with van der Waals surface area (Å²) in [6.45, 7) is 0.0585. The highest BCUT2D eigenvalue weighted by molar-refractivity contribution is 5.93. The summed E-state index contributed by atoms with van der Waals surface area (Å²) in [6.07, 6.45) is 0. The second-order valence-electron chi connectivity index (χ2n) is 1.15. The van der Waals surface area contributed by atoms with Crippen molar-refractivity contribution in [2.45, 2.75) is 0 Å². The van der Waals surface area contributed by atoms with Crippen molar-refractivity contribution in [3.05, 3.63) is 0 Å². The molecule has 5 heteroatoms. The zero-order valence-electron chi connectivity index (χ0n) is 4.29. The first-order valence-corrected chi connectivity index (χ1v) is 1.99. The summed E-state index contributed by atoms with van der Waals surface area (Å²) in [5.74, 6) is 0.0532. The molecule has 8 heavy (non-hydrogen) atoms. The van der Waals surface area contributed by atoms with E-state index < -0.39 is 6.03 Å². The molecule has 0 radical (unpaired) electrons. The van der Waals surface area contributed by atoms with Crippen LogP contribution >= 0.6 is 0 Å². The Morgan fingerprint density at radius 1 is 1.50 bits per heavy atom. The molecule has 6 N–H and O–H groups in total. The van der Waals surface area contributed by atoms with Crippen molar-refractivity contribution in [3.63, 3.8) is 0 Å². The zero-order chi connectivity index (χ0) is 6.57. The molecule has 0 bridgehead atoms. The molecule has 0 saturated carbocycles. The average Bonchev–Trinajstić information content (AvgIpc) is 1.65. The van der Waals surface area contributed by atoms with E-state index in [0.717, 1.165) is 0 Å². The first kappa shape index (κ1) is 6.90. The Labute approximate surface area is 46.5 Å². The number of hydrogen-bond donors (Lipinski definition) is 3. The van der Waals surface area contributed by atoms with Crippen molar-refractivity contribution >= 4 is 11.9 Å². The number of aliphatic imine (C=N–C) groups is 1. The van der Waals surface area contributed by atoms with Gasteiger partial charge in [-0.25, -0.2) is 4.79 Å². The predicted octanol–water partition coefficient (Wildman–Crippen LogP) is -1.62. The lowest BCUT2D eigenvalue weighted by Gasteiger charge is -1.88.